The second-order valence-electron chi connectivity index (χ2n) is 4.85. The molecule has 0 aliphatic carbocycles. The lowest BCUT2D eigenvalue weighted by molar-refractivity contribution is 0.487. The molecule has 0 bridgehead atoms. The second-order valence-corrected chi connectivity index (χ2v) is 4.85. The van der Waals surface area contributed by atoms with Crippen LogP contribution in [0.2, 0.25) is 0 Å². The van der Waals surface area contributed by atoms with Crippen molar-refractivity contribution in [2.24, 2.45) is 0 Å². The highest BCUT2D eigenvalue weighted by atomic mass is 19.2. The van der Waals surface area contributed by atoms with E-state index in [9.17, 15) is 8.78 Å². The van der Waals surface area contributed by atoms with Gasteiger partial charge in [0.2, 0.25) is 0 Å². The molecule has 0 heterocycles. The molecule has 0 saturated carbocycles. The Hall–Kier alpha value is -1.94. The summed E-state index contributed by atoms with van der Waals surface area (Å²) in [5, 5.41) is 3.04. The van der Waals surface area contributed by atoms with E-state index >= 15 is 0 Å². The Morgan fingerprint density at radius 2 is 1.75 bits per heavy atom. The van der Waals surface area contributed by atoms with E-state index in [0.717, 1.165) is 17.3 Å². The standard InChI is InChI=1S/C16H18F2N2/c1-19-16(13-8-5-9-14(17)15(13)18)11-6-4-7-12(10-11)20(2)3/h4-10,16,19H,1-3H3. The first kappa shape index (κ1) is 14.5. The van der Waals surface area contributed by atoms with E-state index in [4.69, 9.17) is 0 Å². The van der Waals surface area contributed by atoms with Crippen molar-refractivity contribution in [2.45, 2.75) is 6.04 Å². The summed E-state index contributed by atoms with van der Waals surface area (Å²) in [6.07, 6.45) is 0. The number of halogens is 2. The molecule has 0 aliphatic heterocycles. The molecule has 1 N–H and O–H groups in total. The van der Waals surface area contributed by atoms with Gasteiger partial charge in [0, 0.05) is 25.3 Å². The fourth-order valence-corrected chi connectivity index (χ4v) is 2.23. The Kier molecular flexibility index (Phi) is 4.35. The van der Waals surface area contributed by atoms with E-state index in [2.05, 4.69) is 5.32 Å². The maximum Gasteiger partial charge on any atom is 0.163 e. The van der Waals surface area contributed by atoms with Crippen LogP contribution >= 0.6 is 0 Å². The van der Waals surface area contributed by atoms with Gasteiger partial charge in [-0.05, 0) is 30.8 Å². The zero-order valence-electron chi connectivity index (χ0n) is 11.8. The van der Waals surface area contributed by atoms with Crippen molar-refractivity contribution in [2.75, 3.05) is 26.0 Å². The van der Waals surface area contributed by atoms with Crippen LogP contribution in [0.5, 0.6) is 0 Å². The maximum absolute atomic E-state index is 14.0. The topological polar surface area (TPSA) is 15.3 Å². The molecule has 2 aromatic rings. The van der Waals surface area contributed by atoms with E-state index < -0.39 is 11.6 Å². The number of hydrogen-bond donors (Lipinski definition) is 1. The van der Waals surface area contributed by atoms with Gasteiger partial charge in [0.25, 0.3) is 0 Å². The Labute approximate surface area is 118 Å². The van der Waals surface area contributed by atoms with Crippen molar-refractivity contribution in [1.29, 1.82) is 0 Å². The van der Waals surface area contributed by atoms with Crippen LogP contribution in [0, 0.1) is 11.6 Å². The van der Waals surface area contributed by atoms with Gasteiger partial charge in [0.1, 0.15) is 0 Å². The number of nitrogens with zero attached hydrogens (tertiary/aromatic N) is 1. The Morgan fingerprint density at radius 1 is 1.05 bits per heavy atom. The molecule has 20 heavy (non-hydrogen) atoms. The highest BCUT2D eigenvalue weighted by Gasteiger charge is 2.18. The Balaban J connectivity index is 2.47. The van der Waals surface area contributed by atoms with Crippen molar-refractivity contribution in [1.82, 2.24) is 5.32 Å². The third-order valence-corrected chi connectivity index (χ3v) is 3.30. The van der Waals surface area contributed by atoms with E-state index in [1.165, 1.54) is 6.07 Å². The quantitative estimate of drug-likeness (QED) is 0.921. The van der Waals surface area contributed by atoms with Gasteiger partial charge in [0.05, 0.1) is 6.04 Å². The summed E-state index contributed by atoms with van der Waals surface area (Å²) < 4.78 is 27.3. The number of nitrogens with one attached hydrogen (secondary N) is 1. The molecule has 2 aromatic carbocycles. The molecule has 106 valence electrons. The number of rotatable bonds is 4. The van der Waals surface area contributed by atoms with Crippen LogP contribution in [-0.4, -0.2) is 21.1 Å². The van der Waals surface area contributed by atoms with E-state index in [0.29, 0.717) is 5.56 Å². The second kappa shape index (κ2) is 6.01. The van der Waals surface area contributed by atoms with Gasteiger partial charge in [-0.25, -0.2) is 8.78 Å². The fraction of sp³-hybridized carbons (Fsp3) is 0.250. The van der Waals surface area contributed by atoms with Crippen molar-refractivity contribution >= 4 is 5.69 Å². The van der Waals surface area contributed by atoms with Crippen molar-refractivity contribution in [3.05, 3.63) is 65.2 Å². The molecule has 0 aromatic heterocycles. The van der Waals surface area contributed by atoms with Gasteiger partial charge in [-0.2, -0.15) is 0 Å². The number of hydrogen-bond acceptors (Lipinski definition) is 2. The fourth-order valence-electron chi connectivity index (χ4n) is 2.23. The zero-order chi connectivity index (χ0) is 14.7. The lowest BCUT2D eigenvalue weighted by Crippen LogP contribution is -2.20. The minimum Gasteiger partial charge on any atom is -0.378 e. The number of benzene rings is 2. The van der Waals surface area contributed by atoms with Gasteiger partial charge in [0.15, 0.2) is 11.6 Å². The van der Waals surface area contributed by atoms with Crippen molar-refractivity contribution in [3.8, 4) is 0 Å². The third-order valence-electron chi connectivity index (χ3n) is 3.30. The summed E-state index contributed by atoms with van der Waals surface area (Å²) in [6.45, 7) is 0. The molecule has 0 saturated heterocycles. The number of anilines is 1. The van der Waals surface area contributed by atoms with Crippen molar-refractivity contribution in [3.63, 3.8) is 0 Å². The van der Waals surface area contributed by atoms with Crippen LogP contribution in [0.15, 0.2) is 42.5 Å². The van der Waals surface area contributed by atoms with Crippen LogP contribution in [0.25, 0.3) is 0 Å². The first-order chi connectivity index (χ1) is 9.54. The first-order valence-corrected chi connectivity index (χ1v) is 6.43. The minimum absolute atomic E-state index is 0.309. The van der Waals surface area contributed by atoms with Gasteiger partial charge in [-0.1, -0.05) is 24.3 Å². The predicted molar refractivity (Wildman–Crippen MR) is 78.0 cm³/mol. The smallest absolute Gasteiger partial charge is 0.163 e. The average Bonchev–Trinajstić information content (AvgIpc) is 2.44. The van der Waals surface area contributed by atoms with Crippen LogP contribution in [0.1, 0.15) is 17.2 Å². The minimum atomic E-state index is -0.827. The first-order valence-electron chi connectivity index (χ1n) is 6.43. The lowest BCUT2D eigenvalue weighted by atomic mass is 9.97. The summed E-state index contributed by atoms with van der Waals surface area (Å²) in [7, 11) is 5.61. The average molecular weight is 276 g/mol. The van der Waals surface area contributed by atoms with E-state index in [-0.39, 0.29) is 6.04 Å². The third kappa shape index (κ3) is 2.80. The molecule has 0 amide bonds. The Bertz CT molecular complexity index is 597. The van der Waals surface area contributed by atoms with E-state index in [1.807, 2.05) is 43.3 Å². The highest BCUT2D eigenvalue weighted by Crippen LogP contribution is 2.27. The summed E-state index contributed by atoms with van der Waals surface area (Å²) in [4.78, 5) is 1.97. The summed E-state index contributed by atoms with van der Waals surface area (Å²) in [5.41, 5.74) is 2.21. The summed E-state index contributed by atoms with van der Waals surface area (Å²) in [5.74, 6) is -1.63. The SMILES string of the molecule is CNC(c1cccc(N(C)C)c1)c1cccc(F)c1F. The van der Waals surface area contributed by atoms with Crippen LogP contribution in [-0.2, 0) is 0 Å². The molecular weight excluding hydrogens is 258 g/mol. The normalized spacial score (nSPS) is 12.2. The summed E-state index contributed by atoms with van der Waals surface area (Å²) in [6, 6.07) is 11.6. The maximum atomic E-state index is 14.0. The molecule has 2 rings (SSSR count). The van der Waals surface area contributed by atoms with Crippen LogP contribution < -0.4 is 10.2 Å². The molecule has 0 spiro atoms. The van der Waals surface area contributed by atoms with Crippen LogP contribution in [0.3, 0.4) is 0 Å². The molecule has 0 aliphatic rings. The van der Waals surface area contributed by atoms with Crippen LogP contribution in [0.4, 0.5) is 14.5 Å². The highest BCUT2D eigenvalue weighted by molar-refractivity contribution is 5.49. The van der Waals surface area contributed by atoms with E-state index in [1.54, 1.807) is 13.1 Å². The molecule has 0 fully saturated rings. The molecule has 2 nitrogen and oxygen atoms in total. The van der Waals surface area contributed by atoms with Gasteiger partial charge < -0.3 is 10.2 Å². The zero-order valence-corrected chi connectivity index (χ0v) is 11.8. The van der Waals surface area contributed by atoms with Gasteiger partial charge in [-0.3, -0.25) is 0 Å². The lowest BCUT2D eigenvalue weighted by Gasteiger charge is -2.20. The predicted octanol–water partition coefficient (Wildman–Crippen LogP) is 3.34. The van der Waals surface area contributed by atoms with Gasteiger partial charge >= 0.3 is 0 Å². The largest absolute Gasteiger partial charge is 0.378 e. The Morgan fingerprint density at radius 3 is 2.40 bits per heavy atom. The molecule has 1 atom stereocenters. The van der Waals surface area contributed by atoms with Gasteiger partial charge in [-0.15, -0.1) is 0 Å². The summed E-state index contributed by atoms with van der Waals surface area (Å²) >= 11 is 0. The molecule has 1 unspecified atom stereocenters. The molecule has 4 heteroatoms. The molecular formula is C16H18F2N2. The monoisotopic (exact) mass is 276 g/mol. The van der Waals surface area contributed by atoms with Crippen molar-refractivity contribution < 1.29 is 8.78 Å². The molecule has 0 radical (unpaired) electrons.